The predicted octanol–water partition coefficient (Wildman–Crippen LogP) is 4.22. The summed E-state index contributed by atoms with van der Waals surface area (Å²) in [6, 6.07) is 8.24. The molecule has 1 atom stereocenters. The lowest BCUT2D eigenvalue weighted by Gasteiger charge is -2.15. The quantitative estimate of drug-likeness (QED) is 0.857. The van der Waals surface area contributed by atoms with Crippen molar-refractivity contribution in [2.24, 2.45) is 0 Å². The van der Waals surface area contributed by atoms with E-state index < -0.39 is 17.7 Å². The van der Waals surface area contributed by atoms with E-state index in [1.807, 2.05) is 13.0 Å². The second kappa shape index (κ2) is 7.53. The van der Waals surface area contributed by atoms with Crippen LogP contribution in [0.1, 0.15) is 24.1 Å². The number of rotatable bonds is 5. The summed E-state index contributed by atoms with van der Waals surface area (Å²) in [5.41, 5.74) is 1.81. The molecule has 122 valence electrons. The molecular weight excluding hydrogens is 322 g/mol. The molecule has 1 amide bonds. The van der Waals surface area contributed by atoms with Gasteiger partial charge in [0.15, 0.2) is 0 Å². The van der Waals surface area contributed by atoms with Crippen LogP contribution in [0.4, 0.5) is 14.5 Å². The van der Waals surface area contributed by atoms with Crippen LogP contribution >= 0.6 is 11.6 Å². The summed E-state index contributed by atoms with van der Waals surface area (Å²) in [5, 5.41) is 6.03. The summed E-state index contributed by atoms with van der Waals surface area (Å²) in [7, 11) is 0. The number of halogens is 3. The van der Waals surface area contributed by atoms with Crippen LogP contribution in [0.25, 0.3) is 0 Å². The minimum Gasteiger partial charge on any atom is -0.324 e. The number of hydrogen-bond acceptors (Lipinski definition) is 2. The summed E-state index contributed by atoms with van der Waals surface area (Å²) in [5.74, 6) is -1.58. The Kier molecular flexibility index (Phi) is 5.69. The van der Waals surface area contributed by atoms with Crippen LogP contribution in [-0.2, 0) is 4.79 Å². The fraction of sp³-hybridized carbons (Fsp3) is 0.235. The summed E-state index contributed by atoms with van der Waals surface area (Å²) in [6.45, 7) is 3.57. The number of nitrogens with one attached hydrogen (secondary N) is 2. The van der Waals surface area contributed by atoms with Crippen molar-refractivity contribution in [3.63, 3.8) is 0 Å². The highest BCUT2D eigenvalue weighted by Gasteiger charge is 2.13. The maximum atomic E-state index is 13.7. The van der Waals surface area contributed by atoms with Gasteiger partial charge in [-0.3, -0.25) is 4.79 Å². The minimum atomic E-state index is -0.646. The molecule has 2 rings (SSSR count). The maximum absolute atomic E-state index is 13.7. The molecular formula is C17H17ClF2N2O. The summed E-state index contributed by atoms with van der Waals surface area (Å²) in [6.07, 6.45) is 0. The Labute approximate surface area is 138 Å². The molecule has 0 spiro atoms. The van der Waals surface area contributed by atoms with Gasteiger partial charge in [0, 0.05) is 17.7 Å². The van der Waals surface area contributed by atoms with Gasteiger partial charge in [0.2, 0.25) is 5.91 Å². The molecule has 0 saturated carbocycles. The number of carbonyl (C=O) groups is 1. The van der Waals surface area contributed by atoms with E-state index >= 15 is 0 Å². The minimum absolute atomic E-state index is 0.0256. The Bertz CT molecular complexity index is 722. The van der Waals surface area contributed by atoms with E-state index in [0.29, 0.717) is 16.3 Å². The zero-order valence-electron chi connectivity index (χ0n) is 12.8. The van der Waals surface area contributed by atoms with E-state index in [-0.39, 0.29) is 12.5 Å². The number of hydrogen-bond donors (Lipinski definition) is 2. The summed E-state index contributed by atoms with van der Waals surface area (Å²) >= 11 is 6.05. The third kappa shape index (κ3) is 4.74. The normalized spacial score (nSPS) is 12.0. The van der Waals surface area contributed by atoms with Crippen LogP contribution in [0, 0.1) is 18.6 Å². The fourth-order valence-electron chi connectivity index (χ4n) is 2.12. The Morgan fingerprint density at radius 2 is 1.96 bits per heavy atom. The zero-order chi connectivity index (χ0) is 17.0. The molecule has 0 radical (unpaired) electrons. The molecule has 0 aliphatic carbocycles. The van der Waals surface area contributed by atoms with E-state index in [1.165, 1.54) is 12.1 Å². The maximum Gasteiger partial charge on any atom is 0.238 e. The van der Waals surface area contributed by atoms with Gasteiger partial charge in [0.25, 0.3) is 0 Å². The van der Waals surface area contributed by atoms with E-state index in [2.05, 4.69) is 10.6 Å². The van der Waals surface area contributed by atoms with E-state index in [9.17, 15) is 13.6 Å². The fourth-order valence-corrected chi connectivity index (χ4v) is 2.41. The largest absolute Gasteiger partial charge is 0.324 e. The van der Waals surface area contributed by atoms with Crippen molar-refractivity contribution >= 4 is 23.2 Å². The first-order valence-electron chi connectivity index (χ1n) is 7.11. The molecule has 2 aromatic carbocycles. The molecule has 0 saturated heterocycles. The molecule has 0 fully saturated rings. The average molecular weight is 339 g/mol. The molecule has 2 aromatic rings. The molecule has 0 bridgehead atoms. The lowest BCUT2D eigenvalue weighted by atomic mass is 10.1. The van der Waals surface area contributed by atoms with Gasteiger partial charge in [0.1, 0.15) is 11.6 Å². The molecule has 0 heterocycles. The van der Waals surface area contributed by atoms with E-state index in [0.717, 1.165) is 11.6 Å². The Hall–Kier alpha value is -1.98. The predicted molar refractivity (Wildman–Crippen MR) is 87.6 cm³/mol. The van der Waals surface area contributed by atoms with Crippen molar-refractivity contribution in [3.05, 3.63) is 64.2 Å². The first kappa shape index (κ1) is 17.4. The molecule has 0 aromatic heterocycles. The van der Waals surface area contributed by atoms with Crippen molar-refractivity contribution in [3.8, 4) is 0 Å². The van der Waals surface area contributed by atoms with Gasteiger partial charge >= 0.3 is 0 Å². The van der Waals surface area contributed by atoms with E-state index in [4.69, 9.17) is 11.6 Å². The SMILES string of the molecule is Cc1ccc(NC(=O)CN[C@@H](C)c2ccc(F)cc2F)c(Cl)c1. The van der Waals surface area contributed by atoms with Gasteiger partial charge in [-0.2, -0.15) is 0 Å². The van der Waals surface area contributed by atoms with Gasteiger partial charge in [0.05, 0.1) is 17.3 Å². The first-order valence-corrected chi connectivity index (χ1v) is 7.49. The lowest BCUT2D eigenvalue weighted by molar-refractivity contribution is -0.115. The lowest BCUT2D eigenvalue weighted by Crippen LogP contribution is -2.30. The Morgan fingerprint density at radius 3 is 2.61 bits per heavy atom. The number of amides is 1. The highest BCUT2D eigenvalue weighted by molar-refractivity contribution is 6.33. The van der Waals surface area contributed by atoms with Gasteiger partial charge in [-0.1, -0.05) is 23.7 Å². The van der Waals surface area contributed by atoms with Crippen molar-refractivity contribution in [1.29, 1.82) is 0 Å². The Balaban J connectivity index is 1.93. The van der Waals surface area contributed by atoms with Crippen LogP contribution < -0.4 is 10.6 Å². The van der Waals surface area contributed by atoms with Crippen LogP contribution in [0.5, 0.6) is 0 Å². The van der Waals surface area contributed by atoms with Crippen molar-refractivity contribution in [2.45, 2.75) is 19.9 Å². The Morgan fingerprint density at radius 1 is 1.22 bits per heavy atom. The molecule has 3 nitrogen and oxygen atoms in total. The van der Waals surface area contributed by atoms with E-state index in [1.54, 1.807) is 19.1 Å². The highest BCUT2D eigenvalue weighted by atomic mass is 35.5. The first-order chi connectivity index (χ1) is 10.9. The van der Waals surface area contributed by atoms with Gasteiger partial charge in [-0.05, 0) is 37.6 Å². The topological polar surface area (TPSA) is 41.1 Å². The van der Waals surface area contributed by atoms with Gasteiger partial charge in [-0.15, -0.1) is 0 Å². The smallest absolute Gasteiger partial charge is 0.238 e. The van der Waals surface area contributed by atoms with Crippen LogP contribution in [-0.4, -0.2) is 12.5 Å². The van der Waals surface area contributed by atoms with Crippen molar-refractivity contribution < 1.29 is 13.6 Å². The van der Waals surface area contributed by atoms with Gasteiger partial charge < -0.3 is 10.6 Å². The van der Waals surface area contributed by atoms with Crippen molar-refractivity contribution in [2.75, 3.05) is 11.9 Å². The third-order valence-corrected chi connectivity index (χ3v) is 3.71. The van der Waals surface area contributed by atoms with Gasteiger partial charge in [-0.25, -0.2) is 8.78 Å². The molecule has 0 aliphatic heterocycles. The van der Waals surface area contributed by atoms with Crippen LogP contribution in [0.3, 0.4) is 0 Å². The highest BCUT2D eigenvalue weighted by Crippen LogP contribution is 2.22. The summed E-state index contributed by atoms with van der Waals surface area (Å²) < 4.78 is 26.6. The number of carbonyl (C=O) groups excluding carboxylic acids is 1. The molecule has 2 N–H and O–H groups in total. The average Bonchev–Trinajstić information content (AvgIpc) is 2.48. The van der Waals surface area contributed by atoms with Crippen LogP contribution in [0.2, 0.25) is 5.02 Å². The molecule has 0 unspecified atom stereocenters. The number of aryl methyl sites for hydroxylation is 1. The monoisotopic (exact) mass is 338 g/mol. The second-order valence-corrected chi connectivity index (χ2v) is 5.71. The molecule has 0 aliphatic rings. The van der Waals surface area contributed by atoms with Crippen molar-refractivity contribution in [1.82, 2.24) is 5.32 Å². The van der Waals surface area contributed by atoms with Crippen LogP contribution in [0.15, 0.2) is 36.4 Å². The zero-order valence-corrected chi connectivity index (χ0v) is 13.5. The molecule has 23 heavy (non-hydrogen) atoms. The third-order valence-electron chi connectivity index (χ3n) is 3.40. The number of anilines is 1. The molecule has 6 heteroatoms. The number of benzene rings is 2. The standard InChI is InChI=1S/C17H17ClF2N2O/c1-10-3-6-16(14(18)7-10)22-17(23)9-21-11(2)13-5-4-12(19)8-15(13)20/h3-8,11,21H,9H2,1-2H3,(H,22,23)/t11-/m0/s1. The summed E-state index contributed by atoms with van der Waals surface area (Å²) in [4.78, 5) is 11.9. The second-order valence-electron chi connectivity index (χ2n) is 5.30.